The highest BCUT2D eigenvalue weighted by Gasteiger charge is 2.31. The van der Waals surface area contributed by atoms with E-state index >= 15 is 0 Å². The van der Waals surface area contributed by atoms with Crippen LogP contribution in [-0.4, -0.2) is 56.5 Å². The van der Waals surface area contributed by atoms with Gasteiger partial charge < -0.3 is 4.57 Å². The summed E-state index contributed by atoms with van der Waals surface area (Å²) in [4.78, 5) is 29.6. The number of benzene rings is 1. The zero-order valence-corrected chi connectivity index (χ0v) is 14.6. The summed E-state index contributed by atoms with van der Waals surface area (Å²) < 4.78 is 2.12. The first-order valence-corrected chi connectivity index (χ1v) is 9.06. The molecule has 0 unspecified atom stereocenters. The van der Waals surface area contributed by atoms with E-state index in [1.807, 2.05) is 30.3 Å². The second kappa shape index (κ2) is 6.36. The van der Waals surface area contributed by atoms with E-state index in [9.17, 15) is 9.59 Å². The summed E-state index contributed by atoms with van der Waals surface area (Å²) in [5.74, 6) is 0.730. The van der Waals surface area contributed by atoms with E-state index in [1.54, 1.807) is 18.0 Å². The van der Waals surface area contributed by atoms with Crippen molar-refractivity contribution in [2.45, 2.75) is 18.6 Å². The summed E-state index contributed by atoms with van der Waals surface area (Å²) in [6, 6.07) is 9.57. The largest absolute Gasteiger partial charge is 0.347 e. The van der Waals surface area contributed by atoms with Crippen molar-refractivity contribution in [2.24, 2.45) is 5.10 Å². The first-order valence-electron chi connectivity index (χ1n) is 8.07. The van der Waals surface area contributed by atoms with Crippen LogP contribution in [0.2, 0.25) is 0 Å². The van der Waals surface area contributed by atoms with Gasteiger partial charge >= 0.3 is 6.03 Å². The van der Waals surface area contributed by atoms with E-state index < -0.39 is 0 Å². The van der Waals surface area contributed by atoms with Crippen LogP contribution in [0.25, 0.3) is 11.3 Å². The highest BCUT2D eigenvalue weighted by atomic mass is 32.2. The predicted molar refractivity (Wildman–Crippen MR) is 95.5 cm³/mol. The number of imidazole rings is 1. The SMILES string of the molecule is CC(=O)N1CCN(/N=C/c2c(-c3ccccc3)nc3n2CCS3)C1=O. The van der Waals surface area contributed by atoms with E-state index in [2.05, 4.69) is 9.67 Å². The number of thioether (sulfide) groups is 1. The van der Waals surface area contributed by atoms with Crippen molar-refractivity contribution in [1.82, 2.24) is 19.5 Å². The molecule has 3 heterocycles. The Labute approximate surface area is 149 Å². The normalized spacial score (nSPS) is 16.9. The lowest BCUT2D eigenvalue weighted by Crippen LogP contribution is -2.32. The fourth-order valence-electron chi connectivity index (χ4n) is 2.99. The second-order valence-electron chi connectivity index (χ2n) is 5.82. The molecular formula is C17H17N5O2S. The molecule has 0 saturated carbocycles. The molecule has 25 heavy (non-hydrogen) atoms. The Bertz CT molecular complexity index is 861. The Morgan fingerprint density at radius 1 is 1.24 bits per heavy atom. The van der Waals surface area contributed by atoms with Gasteiger partial charge in [-0.15, -0.1) is 0 Å². The van der Waals surface area contributed by atoms with Crippen molar-refractivity contribution in [2.75, 3.05) is 18.8 Å². The van der Waals surface area contributed by atoms with Crippen LogP contribution in [0.1, 0.15) is 12.6 Å². The third kappa shape index (κ3) is 2.82. The molecule has 0 N–H and O–H groups in total. The van der Waals surface area contributed by atoms with Crippen LogP contribution >= 0.6 is 11.8 Å². The number of hydrogen-bond acceptors (Lipinski definition) is 5. The summed E-state index contributed by atoms with van der Waals surface area (Å²) in [5.41, 5.74) is 2.77. The Balaban J connectivity index is 1.67. The van der Waals surface area contributed by atoms with Crippen molar-refractivity contribution in [3.63, 3.8) is 0 Å². The topological polar surface area (TPSA) is 70.8 Å². The Hall–Kier alpha value is -2.61. The number of carbonyl (C=O) groups excluding carboxylic acids is 2. The first-order chi connectivity index (χ1) is 12.1. The summed E-state index contributed by atoms with van der Waals surface area (Å²) in [5, 5.41) is 6.64. The standard InChI is InChI=1S/C17H17N5O2S/c1-12(23)20-7-8-22(17(20)24)18-11-14-15(13-5-3-2-4-6-13)19-16-21(14)9-10-25-16/h2-6,11H,7-10H2,1H3/b18-11+. The summed E-state index contributed by atoms with van der Waals surface area (Å²) in [6.07, 6.45) is 1.69. The molecule has 1 fully saturated rings. The molecule has 1 aromatic carbocycles. The Morgan fingerprint density at radius 3 is 2.76 bits per heavy atom. The number of urea groups is 1. The van der Waals surface area contributed by atoms with Crippen LogP contribution < -0.4 is 0 Å². The number of carbonyl (C=O) groups is 2. The summed E-state index contributed by atoms with van der Waals surface area (Å²) in [7, 11) is 0. The van der Waals surface area contributed by atoms with Crippen molar-refractivity contribution in [3.05, 3.63) is 36.0 Å². The van der Waals surface area contributed by atoms with Crippen LogP contribution in [0.15, 0.2) is 40.6 Å². The molecule has 7 nitrogen and oxygen atoms in total. The molecule has 0 aliphatic carbocycles. The molecule has 8 heteroatoms. The number of fused-ring (bicyclic) bond motifs is 1. The monoisotopic (exact) mass is 355 g/mol. The van der Waals surface area contributed by atoms with Gasteiger partial charge in [0.2, 0.25) is 5.91 Å². The zero-order valence-electron chi connectivity index (χ0n) is 13.8. The Morgan fingerprint density at radius 2 is 2.04 bits per heavy atom. The molecule has 2 aliphatic rings. The second-order valence-corrected chi connectivity index (χ2v) is 6.88. The zero-order chi connectivity index (χ0) is 17.4. The molecular weight excluding hydrogens is 338 g/mol. The van der Waals surface area contributed by atoms with Crippen molar-refractivity contribution in [1.29, 1.82) is 0 Å². The molecule has 0 atom stereocenters. The lowest BCUT2D eigenvalue weighted by atomic mass is 10.1. The smallest absolute Gasteiger partial charge is 0.317 e. The number of imide groups is 1. The molecule has 1 aromatic heterocycles. The van der Waals surface area contributed by atoms with E-state index in [1.165, 1.54) is 16.8 Å². The maximum absolute atomic E-state index is 12.2. The molecule has 2 aliphatic heterocycles. The molecule has 1 saturated heterocycles. The van der Waals surface area contributed by atoms with Gasteiger partial charge in [0.25, 0.3) is 0 Å². The third-order valence-corrected chi connectivity index (χ3v) is 5.21. The molecule has 0 radical (unpaired) electrons. The minimum atomic E-state index is -0.374. The number of hydrazone groups is 1. The van der Waals surface area contributed by atoms with E-state index in [4.69, 9.17) is 4.98 Å². The van der Waals surface area contributed by atoms with Gasteiger partial charge in [-0.2, -0.15) is 5.10 Å². The van der Waals surface area contributed by atoms with Crippen LogP contribution in [0, 0.1) is 0 Å². The fraction of sp³-hybridized carbons (Fsp3) is 0.294. The van der Waals surface area contributed by atoms with Crippen LogP contribution in [0.3, 0.4) is 0 Å². The van der Waals surface area contributed by atoms with Crippen LogP contribution in [-0.2, 0) is 11.3 Å². The highest BCUT2D eigenvalue weighted by molar-refractivity contribution is 7.99. The molecule has 0 bridgehead atoms. The van der Waals surface area contributed by atoms with Gasteiger partial charge in [-0.05, 0) is 0 Å². The predicted octanol–water partition coefficient (Wildman–Crippen LogP) is 2.27. The van der Waals surface area contributed by atoms with Gasteiger partial charge in [-0.1, -0.05) is 42.1 Å². The summed E-state index contributed by atoms with van der Waals surface area (Å²) in [6.45, 7) is 3.04. The number of amides is 3. The molecule has 0 spiro atoms. The number of nitrogens with zero attached hydrogens (tertiary/aromatic N) is 5. The van der Waals surface area contributed by atoms with Crippen molar-refractivity contribution < 1.29 is 9.59 Å². The molecule has 3 amide bonds. The van der Waals surface area contributed by atoms with Gasteiger partial charge in [0.05, 0.1) is 30.7 Å². The van der Waals surface area contributed by atoms with Gasteiger partial charge in [0.1, 0.15) is 0 Å². The van der Waals surface area contributed by atoms with Gasteiger partial charge in [0.15, 0.2) is 5.16 Å². The van der Waals surface area contributed by atoms with Crippen molar-refractivity contribution >= 4 is 29.9 Å². The fourth-order valence-corrected chi connectivity index (χ4v) is 3.94. The van der Waals surface area contributed by atoms with Crippen LogP contribution in [0.4, 0.5) is 4.79 Å². The van der Waals surface area contributed by atoms with E-state index in [-0.39, 0.29) is 11.9 Å². The third-order valence-electron chi connectivity index (χ3n) is 4.25. The molecule has 128 valence electrons. The lowest BCUT2D eigenvalue weighted by Gasteiger charge is -2.11. The maximum Gasteiger partial charge on any atom is 0.347 e. The van der Waals surface area contributed by atoms with Crippen molar-refractivity contribution in [3.8, 4) is 11.3 Å². The minimum Gasteiger partial charge on any atom is -0.317 e. The minimum absolute atomic E-state index is 0.255. The van der Waals surface area contributed by atoms with E-state index in [0.29, 0.717) is 13.1 Å². The van der Waals surface area contributed by atoms with Gasteiger partial charge in [-0.25, -0.2) is 14.8 Å². The number of aromatic nitrogens is 2. The average molecular weight is 355 g/mol. The van der Waals surface area contributed by atoms with Crippen LogP contribution in [0.5, 0.6) is 0 Å². The highest BCUT2D eigenvalue weighted by Crippen LogP contribution is 2.32. The summed E-state index contributed by atoms with van der Waals surface area (Å²) >= 11 is 1.72. The first kappa shape index (κ1) is 15.9. The van der Waals surface area contributed by atoms with Gasteiger partial charge in [-0.3, -0.25) is 9.69 Å². The average Bonchev–Trinajstić information content (AvgIpc) is 3.29. The van der Waals surface area contributed by atoms with E-state index in [0.717, 1.165) is 34.4 Å². The van der Waals surface area contributed by atoms with Gasteiger partial charge in [0, 0.05) is 24.8 Å². The quantitative estimate of drug-likeness (QED) is 0.792. The number of rotatable bonds is 3. The molecule has 4 rings (SSSR count). The Kier molecular flexibility index (Phi) is 4.04. The molecule has 2 aromatic rings. The number of hydrogen-bond donors (Lipinski definition) is 0. The maximum atomic E-state index is 12.2. The lowest BCUT2D eigenvalue weighted by molar-refractivity contribution is -0.125.